The van der Waals surface area contributed by atoms with Crippen LogP contribution in [-0.4, -0.2) is 19.4 Å². The van der Waals surface area contributed by atoms with E-state index in [1.54, 1.807) is 12.1 Å². The summed E-state index contributed by atoms with van der Waals surface area (Å²) in [5, 5.41) is 20.4. The minimum atomic E-state index is -4.28. The third-order valence-electron chi connectivity index (χ3n) is 5.52. The highest BCUT2D eigenvalue weighted by Gasteiger charge is 2.24. The molecule has 0 aliphatic carbocycles. The predicted molar refractivity (Wildman–Crippen MR) is 144 cm³/mol. The number of hydrogen-bond donors (Lipinski definition) is 1. The number of para-hydroxylation sites is 1. The number of nitro benzene ring substituents is 1. The summed E-state index contributed by atoms with van der Waals surface area (Å²) in [5.41, 5.74) is 1.85. The van der Waals surface area contributed by atoms with E-state index < -0.39 is 14.9 Å². The van der Waals surface area contributed by atoms with E-state index in [1.165, 1.54) is 24.3 Å². The zero-order valence-corrected chi connectivity index (χ0v) is 21.1. The number of nitrogens with one attached hydrogen (secondary N) is 1. The first-order valence-electron chi connectivity index (χ1n) is 11.4. The molecule has 0 saturated heterocycles. The molecule has 0 aliphatic heterocycles. The summed E-state index contributed by atoms with van der Waals surface area (Å²) in [5.74, 6) is 0. The Hall–Kier alpha value is -4.08. The van der Waals surface area contributed by atoms with Gasteiger partial charge in [0.25, 0.3) is 15.7 Å². The Morgan fingerprint density at radius 2 is 1.41 bits per heavy atom. The van der Waals surface area contributed by atoms with Crippen molar-refractivity contribution in [3.63, 3.8) is 0 Å². The second-order valence-electron chi connectivity index (χ2n) is 8.24. The molecule has 8 nitrogen and oxygen atoms in total. The quantitative estimate of drug-likeness (QED) is 0.134. The summed E-state index contributed by atoms with van der Waals surface area (Å²) in [6.07, 6.45) is 1.15. The maximum atomic E-state index is 13.3. The zero-order chi connectivity index (χ0) is 26.3. The number of benzene rings is 4. The molecule has 0 atom stereocenters. The van der Waals surface area contributed by atoms with Crippen LogP contribution in [-0.2, 0) is 22.9 Å². The lowest BCUT2D eigenvalue weighted by molar-refractivity contribution is -0.385. The molecule has 0 saturated carbocycles. The molecule has 0 amide bonds. The molecule has 0 spiro atoms. The number of nitro groups is 1. The lowest BCUT2D eigenvalue weighted by Crippen LogP contribution is -2.14. The van der Waals surface area contributed by atoms with Gasteiger partial charge >= 0.3 is 0 Å². The van der Waals surface area contributed by atoms with Crippen LogP contribution in [0.3, 0.4) is 0 Å². The van der Waals surface area contributed by atoms with Crippen LogP contribution < -0.4 is 4.72 Å². The highest BCUT2D eigenvalue weighted by Crippen LogP contribution is 2.32. The number of non-ortho nitro benzene ring substituents is 1. The smallest absolute Gasteiger partial charge is 0.270 e. The van der Waals surface area contributed by atoms with Crippen molar-refractivity contribution < 1.29 is 13.3 Å². The van der Waals surface area contributed by atoms with E-state index in [2.05, 4.69) is 15.0 Å². The van der Waals surface area contributed by atoms with Gasteiger partial charge in [-0.15, -0.1) is 0 Å². The van der Waals surface area contributed by atoms with Gasteiger partial charge in [0.15, 0.2) is 0 Å². The molecule has 1 N–H and O–H groups in total. The molecule has 10 heteroatoms. The maximum Gasteiger partial charge on any atom is 0.270 e. The van der Waals surface area contributed by atoms with Crippen molar-refractivity contribution in [3.8, 4) is 0 Å². The Balaban J connectivity index is 1.70. The van der Waals surface area contributed by atoms with Crippen molar-refractivity contribution in [3.05, 3.63) is 129 Å². The van der Waals surface area contributed by atoms with Gasteiger partial charge in [0, 0.05) is 12.1 Å². The maximum absolute atomic E-state index is 13.3. The van der Waals surface area contributed by atoms with E-state index in [0.717, 1.165) is 17.2 Å². The topological polar surface area (TPSA) is 114 Å². The number of nitrogens with zero attached hydrogens (tertiary/aromatic N) is 3. The number of sulfonamides is 1. The van der Waals surface area contributed by atoms with Gasteiger partial charge in [0.1, 0.15) is 10.6 Å². The average molecular weight is 535 g/mol. The molecule has 0 fully saturated rings. The highest BCUT2D eigenvalue weighted by atomic mass is 35.5. The molecule has 4 aromatic rings. The van der Waals surface area contributed by atoms with Gasteiger partial charge in [-0.3, -0.25) is 14.8 Å². The highest BCUT2D eigenvalue weighted by molar-refractivity contribution is 7.92. The van der Waals surface area contributed by atoms with Gasteiger partial charge < -0.3 is 0 Å². The van der Waals surface area contributed by atoms with Gasteiger partial charge in [0.2, 0.25) is 0 Å². The number of anilines is 1. The van der Waals surface area contributed by atoms with Crippen LogP contribution in [0, 0.1) is 10.1 Å². The molecule has 0 bridgehead atoms. The van der Waals surface area contributed by atoms with E-state index in [0.29, 0.717) is 12.8 Å². The van der Waals surface area contributed by atoms with Crippen LogP contribution in [0.2, 0.25) is 5.02 Å². The molecule has 0 aliphatic rings. The minimum absolute atomic E-state index is 0.0173. The van der Waals surface area contributed by atoms with Gasteiger partial charge in [-0.1, -0.05) is 84.4 Å². The molecule has 188 valence electrons. The molecular weight excluding hydrogens is 512 g/mol. The van der Waals surface area contributed by atoms with Crippen molar-refractivity contribution in [2.24, 2.45) is 10.2 Å². The van der Waals surface area contributed by atoms with Crippen LogP contribution in [0.5, 0.6) is 0 Å². The van der Waals surface area contributed by atoms with Gasteiger partial charge in [0.05, 0.1) is 21.7 Å². The second-order valence-corrected chi connectivity index (χ2v) is 10.3. The first kappa shape index (κ1) is 26.0. The Morgan fingerprint density at radius 3 is 1.97 bits per heavy atom. The molecule has 4 rings (SSSR count). The molecule has 4 aromatic carbocycles. The molecule has 0 aromatic heterocycles. The fraction of sp³-hybridized carbons (Fsp3) is 0.111. The second kappa shape index (κ2) is 11.8. The number of halogens is 1. The van der Waals surface area contributed by atoms with Crippen molar-refractivity contribution in [1.29, 1.82) is 0 Å². The first-order chi connectivity index (χ1) is 17.8. The third-order valence-corrected chi connectivity index (χ3v) is 7.24. The van der Waals surface area contributed by atoms with Crippen molar-refractivity contribution in [2.45, 2.75) is 23.8 Å². The summed E-state index contributed by atoms with van der Waals surface area (Å²) < 4.78 is 29.0. The molecule has 0 radical (unpaired) electrons. The summed E-state index contributed by atoms with van der Waals surface area (Å²) in [6.45, 7) is 0. The SMILES string of the molecule is O=[N+]([O-])c1ccc(N=NC(Cc2ccccc2)Cc2ccccc2)c(S(=O)(=O)Nc2ccccc2Cl)c1. The van der Waals surface area contributed by atoms with Gasteiger partial charge in [-0.05, 0) is 42.2 Å². The average Bonchev–Trinajstić information content (AvgIpc) is 2.89. The summed E-state index contributed by atoms with van der Waals surface area (Å²) in [4.78, 5) is 10.4. The van der Waals surface area contributed by atoms with Crippen molar-refractivity contribution >= 4 is 38.7 Å². The summed E-state index contributed by atoms with van der Waals surface area (Å²) in [7, 11) is -4.28. The third kappa shape index (κ3) is 6.99. The summed E-state index contributed by atoms with van der Waals surface area (Å²) >= 11 is 6.12. The molecule has 37 heavy (non-hydrogen) atoms. The van der Waals surface area contributed by atoms with E-state index >= 15 is 0 Å². The monoisotopic (exact) mass is 534 g/mol. The molecule has 0 unspecified atom stereocenters. The Morgan fingerprint density at radius 1 is 0.838 bits per heavy atom. The number of rotatable bonds is 10. The fourth-order valence-electron chi connectivity index (χ4n) is 3.73. The van der Waals surface area contributed by atoms with E-state index in [4.69, 9.17) is 11.6 Å². The lowest BCUT2D eigenvalue weighted by Gasteiger charge is -2.13. The first-order valence-corrected chi connectivity index (χ1v) is 13.2. The Labute approximate surface area is 219 Å². The van der Waals surface area contributed by atoms with Crippen LogP contribution in [0.25, 0.3) is 0 Å². The van der Waals surface area contributed by atoms with E-state index in [-0.39, 0.29) is 33.0 Å². The number of azo groups is 1. The van der Waals surface area contributed by atoms with E-state index in [9.17, 15) is 18.5 Å². The summed E-state index contributed by atoms with van der Waals surface area (Å²) in [6, 6.07) is 29.0. The van der Waals surface area contributed by atoms with Gasteiger partial charge in [-0.2, -0.15) is 10.2 Å². The Bertz CT molecular complexity index is 1470. The normalized spacial score (nSPS) is 11.6. The van der Waals surface area contributed by atoms with Crippen LogP contribution in [0.4, 0.5) is 17.1 Å². The van der Waals surface area contributed by atoms with Crippen LogP contribution in [0.15, 0.2) is 118 Å². The van der Waals surface area contributed by atoms with Gasteiger partial charge in [-0.25, -0.2) is 8.42 Å². The Kier molecular flexibility index (Phi) is 8.27. The van der Waals surface area contributed by atoms with Crippen molar-refractivity contribution in [1.82, 2.24) is 0 Å². The predicted octanol–water partition coefficient (Wildman–Crippen LogP) is 6.99. The standard InChI is InChI=1S/C27H23ClN4O4S/c28-24-13-7-8-14-25(24)31-37(35,36)27-19-23(32(33)34)15-16-26(27)30-29-22(17-20-9-3-1-4-10-20)18-21-11-5-2-6-12-21/h1-16,19,22,31H,17-18H2. The number of hydrogen-bond acceptors (Lipinski definition) is 6. The van der Waals surface area contributed by atoms with Crippen LogP contribution in [0.1, 0.15) is 11.1 Å². The van der Waals surface area contributed by atoms with Crippen molar-refractivity contribution in [2.75, 3.05) is 4.72 Å². The fourth-order valence-corrected chi connectivity index (χ4v) is 5.20. The van der Waals surface area contributed by atoms with Crippen LogP contribution >= 0.6 is 11.6 Å². The lowest BCUT2D eigenvalue weighted by atomic mass is 10.00. The molecular formula is C27H23ClN4O4S. The molecule has 0 heterocycles. The zero-order valence-electron chi connectivity index (χ0n) is 19.6. The van der Waals surface area contributed by atoms with E-state index in [1.807, 2.05) is 60.7 Å². The largest absolute Gasteiger partial charge is 0.278 e. The minimum Gasteiger partial charge on any atom is -0.278 e.